The average Bonchev–Trinajstić information content (AvgIpc) is 2.93. The maximum absolute atomic E-state index is 5.99. The molecule has 2 N–H and O–H groups in total. The van der Waals surface area contributed by atoms with E-state index in [1.54, 1.807) is 11.3 Å². The molecular formula is C15H15N3OS. The van der Waals surface area contributed by atoms with E-state index in [-0.39, 0.29) is 0 Å². The van der Waals surface area contributed by atoms with Gasteiger partial charge in [-0.25, -0.2) is 4.98 Å². The number of hydrogen-bond donors (Lipinski definition) is 1. The minimum Gasteiger partial charge on any atom is -0.380 e. The van der Waals surface area contributed by atoms with Crippen molar-refractivity contribution in [3.8, 4) is 21.8 Å². The van der Waals surface area contributed by atoms with E-state index in [1.807, 2.05) is 26.0 Å². The lowest BCUT2D eigenvalue weighted by Gasteiger charge is -2.02. The van der Waals surface area contributed by atoms with Gasteiger partial charge in [0.2, 0.25) is 0 Å². The fourth-order valence-corrected chi connectivity index (χ4v) is 3.10. The molecule has 0 aliphatic carbocycles. The first-order chi connectivity index (χ1) is 9.56. The van der Waals surface area contributed by atoms with E-state index in [2.05, 4.69) is 29.2 Å². The number of benzene rings is 1. The third kappa shape index (κ3) is 2.10. The molecule has 0 unspecified atom stereocenters. The van der Waals surface area contributed by atoms with Gasteiger partial charge in [-0.15, -0.1) is 11.3 Å². The van der Waals surface area contributed by atoms with Gasteiger partial charge in [-0.2, -0.15) is 0 Å². The molecule has 3 aromatic rings. The topological polar surface area (TPSA) is 64.9 Å². The monoisotopic (exact) mass is 285 g/mol. The van der Waals surface area contributed by atoms with Gasteiger partial charge < -0.3 is 10.3 Å². The van der Waals surface area contributed by atoms with Gasteiger partial charge in [0.25, 0.3) is 0 Å². The molecule has 102 valence electrons. The molecule has 0 bridgehead atoms. The Morgan fingerprint density at radius 3 is 2.40 bits per heavy atom. The Hall–Kier alpha value is -2.14. The normalized spacial score (nSPS) is 10.9. The first-order valence-corrected chi connectivity index (χ1v) is 7.14. The molecule has 0 fully saturated rings. The molecule has 5 heteroatoms. The van der Waals surface area contributed by atoms with Crippen molar-refractivity contribution in [2.45, 2.75) is 20.8 Å². The molecule has 0 amide bonds. The largest absolute Gasteiger partial charge is 0.380 e. The Kier molecular flexibility index (Phi) is 3.06. The van der Waals surface area contributed by atoms with E-state index in [1.165, 1.54) is 5.56 Å². The van der Waals surface area contributed by atoms with Crippen molar-refractivity contribution < 1.29 is 4.52 Å². The van der Waals surface area contributed by atoms with Crippen LogP contribution in [-0.2, 0) is 0 Å². The van der Waals surface area contributed by atoms with Crippen molar-refractivity contribution in [1.82, 2.24) is 10.1 Å². The summed E-state index contributed by atoms with van der Waals surface area (Å²) in [5.74, 6) is 1.11. The zero-order valence-corrected chi connectivity index (χ0v) is 12.4. The maximum Gasteiger partial charge on any atom is 0.188 e. The van der Waals surface area contributed by atoms with E-state index in [9.17, 15) is 0 Å². The molecule has 2 aromatic heterocycles. The summed E-state index contributed by atoms with van der Waals surface area (Å²) in [5, 5.41) is 4.93. The number of thiazole rings is 1. The number of anilines is 1. The van der Waals surface area contributed by atoms with Crippen molar-refractivity contribution in [2.24, 2.45) is 0 Å². The molecule has 4 nitrogen and oxygen atoms in total. The Balaban J connectivity index is 2.19. The van der Waals surface area contributed by atoms with Crippen LogP contribution in [0.2, 0.25) is 0 Å². The van der Waals surface area contributed by atoms with Crippen molar-refractivity contribution in [3.63, 3.8) is 0 Å². The van der Waals surface area contributed by atoms with Crippen LogP contribution in [0.15, 0.2) is 28.8 Å². The van der Waals surface area contributed by atoms with Gasteiger partial charge in [-0.1, -0.05) is 35.0 Å². The fourth-order valence-electron chi connectivity index (χ4n) is 2.20. The van der Waals surface area contributed by atoms with Crippen LogP contribution >= 0.6 is 11.3 Å². The number of rotatable bonds is 2. The second-order valence-corrected chi connectivity index (χ2v) is 5.99. The summed E-state index contributed by atoms with van der Waals surface area (Å²) in [6.07, 6.45) is 0. The van der Waals surface area contributed by atoms with Crippen LogP contribution in [0.1, 0.15) is 16.3 Å². The molecule has 0 aliphatic heterocycles. The number of aryl methyl sites for hydroxylation is 3. The van der Waals surface area contributed by atoms with E-state index < -0.39 is 0 Å². The predicted octanol–water partition coefficient (Wildman–Crippen LogP) is 3.97. The summed E-state index contributed by atoms with van der Waals surface area (Å²) in [7, 11) is 0. The van der Waals surface area contributed by atoms with Crippen molar-refractivity contribution in [1.29, 1.82) is 0 Å². The van der Waals surface area contributed by atoms with Crippen LogP contribution in [0, 0.1) is 20.8 Å². The minimum absolute atomic E-state index is 0.411. The highest BCUT2D eigenvalue weighted by molar-refractivity contribution is 7.15. The van der Waals surface area contributed by atoms with Crippen LogP contribution in [0.5, 0.6) is 0 Å². The first kappa shape index (κ1) is 12.9. The van der Waals surface area contributed by atoms with Crippen LogP contribution in [0.3, 0.4) is 0 Å². The summed E-state index contributed by atoms with van der Waals surface area (Å²) in [6.45, 7) is 6.00. The van der Waals surface area contributed by atoms with Gasteiger partial charge in [0.1, 0.15) is 0 Å². The number of nitrogens with two attached hydrogens (primary N) is 1. The lowest BCUT2D eigenvalue weighted by Crippen LogP contribution is -1.89. The van der Waals surface area contributed by atoms with E-state index in [4.69, 9.17) is 10.3 Å². The third-order valence-corrected chi connectivity index (χ3v) is 4.24. The SMILES string of the molecule is Cc1ccc(-c2c(N)noc2-c2sc(C)nc2C)cc1. The Labute approximate surface area is 121 Å². The highest BCUT2D eigenvalue weighted by atomic mass is 32.1. The van der Waals surface area contributed by atoms with Crippen molar-refractivity contribution >= 4 is 17.2 Å². The third-order valence-electron chi connectivity index (χ3n) is 3.17. The highest BCUT2D eigenvalue weighted by Gasteiger charge is 2.21. The molecular weight excluding hydrogens is 270 g/mol. The van der Waals surface area contributed by atoms with Crippen LogP contribution in [0.4, 0.5) is 5.82 Å². The molecule has 0 radical (unpaired) electrons. The molecule has 1 aromatic carbocycles. The van der Waals surface area contributed by atoms with E-state index in [0.717, 1.165) is 26.7 Å². The van der Waals surface area contributed by atoms with Crippen LogP contribution in [0.25, 0.3) is 21.8 Å². The van der Waals surface area contributed by atoms with Gasteiger partial charge in [0.15, 0.2) is 11.6 Å². The Bertz CT molecular complexity index is 756. The lowest BCUT2D eigenvalue weighted by atomic mass is 10.0. The molecule has 0 saturated carbocycles. The zero-order chi connectivity index (χ0) is 14.3. The maximum atomic E-state index is 5.99. The van der Waals surface area contributed by atoms with Crippen molar-refractivity contribution in [3.05, 3.63) is 40.5 Å². The summed E-state index contributed by atoms with van der Waals surface area (Å²) in [5.41, 5.74) is 9.98. The highest BCUT2D eigenvalue weighted by Crippen LogP contribution is 2.40. The second-order valence-electron chi connectivity index (χ2n) is 4.79. The van der Waals surface area contributed by atoms with E-state index >= 15 is 0 Å². The Morgan fingerprint density at radius 2 is 1.80 bits per heavy atom. The summed E-state index contributed by atoms with van der Waals surface area (Å²) in [6, 6.07) is 8.17. The molecule has 0 saturated heterocycles. The number of hydrogen-bond acceptors (Lipinski definition) is 5. The van der Waals surface area contributed by atoms with Gasteiger partial charge in [0, 0.05) is 0 Å². The quantitative estimate of drug-likeness (QED) is 0.773. The Morgan fingerprint density at radius 1 is 1.10 bits per heavy atom. The molecule has 0 aliphatic rings. The summed E-state index contributed by atoms with van der Waals surface area (Å²) < 4.78 is 5.46. The van der Waals surface area contributed by atoms with Gasteiger partial charge >= 0.3 is 0 Å². The fraction of sp³-hybridized carbons (Fsp3) is 0.200. The molecule has 20 heavy (non-hydrogen) atoms. The zero-order valence-electron chi connectivity index (χ0n) is 11.6. The summed E-state index contributed by atoms with van der Waals surface area (Å²) in [4.78, 5) is 5.42. The van der Waals surface area contributed by atoms with Gasteiger partial charge in [-0.3, -0.25) is 0 Å². The molecule has 0 spiro atoms. The van der Waals surface area contributed by atoms with E-state index in [0.29, 0.717) is 11.6 Å². The van der Waals surface area contributed by atoms with Crippen molar-refractivity contribution in [2.75, 3.05) is 5.73 Å². The number of nitrogens with zero attached hydrogens (tertiary/aromatic N) is 2. The first-order valence-electron chi connectivity index (χ1n) is 6.33. The lowest BCUT2D eigenvalue weighted by molar-refractivity contribution is 0.436. The second kappa shape index (κ2) is 4.76. The number of nitrogen functional groups attached to an aromatic ring is 1. The summed E-state index contributed by atoms with van der Waals surface area (Å²) >= 11 is 1.59. The average molecular weight is 285 g/mol. The number of aromatic nitrogens is 2. The molecule has 3 rings (SSSR count). The van der Waals surface area contributed by atoms with Gasteiger partial charge in [0.05, 0.1) is 21.1 Å². The predicted molar refractivity (Wildman–Crippen MR) is 81.7 cm³/mol. The molecule has 2 heterocycles. The standard InChI is InChI=1S/C15H15N3OS/c1-8-4-6-11(7-5-8)12-13(19-18-15(12)16)14-9(2)17-10(3)20-14/h4-7H,1-3H3,(H2,16,18). The van der Waals surface area contributed by atoms with Gasteiger partial charge in [-0.05, 0) is 26.3 Å². The smallest absolute Gasteiger partial charge is 0.188 e. The minimum atomic E-state index is 0.411. The van der Waals surface area contributed by atoms with Crippen LogP contribution in [-0.4, -0.2) is 10.1 Å². The molecule has 0 atom stereocenters. The van der Waals surface area contributed by atoms with Crippen LogP contribution < -0.4 is 5.73 Å².